The quantitative estimate of drug-likeness (QED) is 0.225. The van der Waals surface area contributed by atoms with E-state index in [1.165, 1.54) is 24.5 Å². The molecular formula is C16H25F3IN5O2S. The highest BCUT2D eigenvalue weighted by atomic mass is 127. The van der Waals surface area contributed by atoms with Gasteiger partial charge in [0.05, 0.1) is 5.92 Å². The van der Waals surface area contributed by atoms with Gasteiger partial charge in [-0.3, -0.25) is 9.98 Å². The second kappa shape index (κ2) is 11.1. The fourth-order valence-corrected chi connectivity index (χ4v) is 3.90. The lowest BCUT2D eigenvalue weighted by molar-refractivity contribution is -0.182. The molecule has 1 heterocycles. The Balaban J connectivity index is 0.00000392. The highest BCUT2D eigenvalue weighted by molar-refractivity contribution is 14.0. The maximum atomic E-state index is 12.7. The van der Waals surface area contributed by atoms with E-state index in [9.17, 15) is 21.6 Å². The van der Waals surface area contributed by atoms with Crippen LogP contribution in [0.2, 0.25) is 0 Å². The largest absolute Gasteiger partial charge is 0.391 e. The molecule has 7 nitrogen and oxygen atoms in total. The predicted octanol–water partition coefficient (Wildman–Crippen LogP) is 2.26. The molecule has 0 spiro atoms. The van der Waals surface area contributed by atoms with Crippen LogP contribution in [0.15, 0.2) is 34.4 Å². The molecule has 0 saturated heterocycles. The summed E-state index contributed by atoms with van der Waals surface area (Å²) in [5, 5.41) is 6.05. The van der Waals surface area contributed by atoms with E-state index in [0.29, 0.717) is 18.8 Å². The second-order valence-corrected chi connectivity index (χ2v) is 8.09. The van der Waals surface area contributed by atoms with Gasteiger partial charge in [0.1, 0.15) is 4.90 Å². The number of nitrogens with one attached hydrogen (secondary N) is 3. The van der Waals surface area contributed by atoms with Crippen molar-refractivity contribution in [1.82, 2.24) is 20.3 Å². The van der Waals surface area contributed by atoms with E-state index < -0.39 is 22.1 Å². The van der Waals surface area contributed by atoms with Crippen molar-refractivity contribution in [3.8, 4) is 0 Å². The van der Waals surface area contributed by atoms with Crippen LogP contribution in [-0.4, -0.2) is 51.7 Å². The van der Waals surface area contributed by atoms with Gasteiger partial charge < -0.3 is 10.6 Å². The lowest BCUT2D eigenvalue weighted by Crippen LogP contribution is -2.47. The molecule has 0 unspecified atom stereocenters. The van der Waals surface area contributed by atoms with Gasteiger partial charge in [-0.25, -0.2) is 13.1 Å². The summed E-state index contributed by atoms with van der Waals surface area (Å²) in [6.07, 6.45) is -0.356. The molecule has 28 heavy (non-hydrogen) atoms. The van der Waals surface area contributed by atoms with Gasteiger partial charge in [-0.15, -0.1) is 24.0 Å². The molecule has 2 rings (SSSR count). The zero-order valence-corrected chi connectivity index (χ0v) is 18.5. The molecule has 160 valence electrons. The average Bonchev–Trinajstić information content (AvgIpc) is 2.64. The van der Waals surface area contributed by atoms with Crippen molar-refractivity contribution in [2.45, 2.75) is 42.8 Å². The number of pyridine rings is 1. The Labute approximate surface area is 180 Å². The van der Waals surface area contributed by atoms with E-state index in [4.69, 9.17) is 0 Å². The summed E-state index contributed by atoms with van der Waals surface area (Å²) in [6.45, 7) is 0.399. The topological polar surface area (TPSA) is 95.5 Å². The second-order valence-electron chi connectivity index (χ2n) is 6.32. The van der Waals surface area contributed by atoms with Crippen LogP contribution in [0.3, 0.4) is 0 Å². The first-order valence-electron chi connectivity index (χ1n) is 8.66. The monoisotopic (exact) mass is 535 g/mol. The van der Waals surface area contributed by atoms with Crippen molar-refractivity contribution in [1.29, 1.82) is 0 Å². The van der Waals surface area contributed by atoms with Crippen molar-refractivity contribution in [3.63, 3.8) is 0 Å². The number of halogens is 4. The number of hydrogen-bond donors (Lipinski definition) is 3. The number of alkyl halides is 3. The van der Waals surface area contributed by atoms with Gasteiger partial charge in [0.2, 0.25) is 10.0 Å². The van der Waals surface area contributed by atoms with Gasteiger partial charge in [-0.2, -0.15) is 13.2 Å². The highest BCUT2D eigenvalue weighted by Gasteiger charge is 2.41. The molecule has 1 fully saturated rings. The van der Waals surface area contributed by atoms with Gasteiger partial charge in [-0.05, 0) is 37.8 Å². The van der Waals surface area contributed by atoms with Crippen LogP contribution in [0.1, 0.15) is 25.7 Å². The number of hydrogen-bond acceptors (Lipinski definition) is 4. The van der Waals surface area contributed by atoms with E-state index in [2.05, 4.69) is 25.3 Å². The van der Waals surface area contributed by atoms with Crippen molar-refractivity contribution in [2.24, 2.45) is 10.9 Å². The minimum Gasteiger partial charge on any atom is -0.355 e. The molecule has 0 aliphatic heterocycles. The lowest BCUT2D eigenvalue weighted by Gasteiger charge is -2.31. The maximum Gasteiger partial charge on any atom is 0.391 e. The standard InChI is InChI=1S/C16H24F3N5O2S.HI/c1-20-15(24-13-6-4-12(5-7-13)16(17,18)19)22-9-10-23-27(25,26)14-3-2-8-21-11-14;/h2-3,8,11-13,23H,4-7,9-10H2,1H3,(H2,20,22,24);1H. The lowest BCUT2D eigenvalue weighted by atomic mass is 9.85. The molecule has 0 radical (unpaired) electrons. The van der Waals surface area contributed by atoms with Crippen LogP contribution < -0.4 is 15.4 Å². The summed E-state index contributed by atoms with van der Waals surface area (Å²) < 4.78 is 64.7. The fourth-order valence-electron chi connectivity index (χ4n) is 2.91. The van der Waals surface area contributed by atoms with Crippen molar-refractivity contribution in [3.05, 3.63) is 24.5 Å². The first-order chi connectivity index (χ1) is 12.7. The Morgan fingerprint density at radius 2 is 1.93 bits per heavy atom. The van der Waals surface area contributed by atoms with Gasteiger partial charge in [0.25, 0.3) is 0 Å². The first-order valence-corrected chi connectivity index (χ1v) is 10.1. The Morgan fingerprint density at radius 3 is 2.46 bits per heavy atom. The number of guanidine groups is 1. The molecule has 12 heteroatoms. The van der Waals surface area contributed by atoms with E-state index in [1.54, 1.807) is 7.05 Å². The Bertz CT molecular complexity index is 724. The maximum absolute atomic E-state index is 12.7. The van der Waals surface area contributed by atoms with E-state index in [1.807, 2.05) is 0 Å². The molecule has 1 aromatic rings. The van der Waals surface area contributed by atoms with Crippen LogP contribution in [0.4, 0.5) is 13.2 Å². The number of sulfonamides is 1. The van der Waals surface area contributed by atoms with Gasteiger partial charge in [0.15, 0.2) is 5.96 Å². The summed E-state index contributed by atoms with van der Waals surface area (Å²) in [6, 6.07) is 2.90. The number of aromatic nitrogens is 1. The third kappa shape index (κ3) is 7.70. The van der Waals surface area contributed by atoms with Crippen molar-refractivity contribution < 1.29 is 21.6 Å². The van der Waals surface area contributed by atoms with Gasteiger partial charge >= 0.3 is 6.18 Å². The summed E-state index contributed by atoms with van der Waals surface area (Å²) >= 11 is 0. The first kappa shape index (κ1) is 24.9. The molecule has 0 atom stereocenters. The molecule has 0 bridgehead atoms. The predicted molar refractivity (Wildman–Crippen MR) is 111 cm³/mol. The van der Waals surface area contributed by atoms with Gasteiger partial charge in [0, 0.05) is 38.6 Å². The van der Waals surface area contributed by atoms with Crippen LogP contribution in [0.25, 0.3) is 0 Å². The van der Waals surface area contributed by atoms with E-state index >= 15 is 0 Å². The normalized spacial score (nSPS) is 20.9. The third-order valence-electron chi connectivity index (χ3n) is 4.41. The van der Waals surface area contributed by atoms with Crippen LogP contribution in [-0.2, 0) is 10.0 Å². The SMILES string of the molecule is CN=C(NCCNS(=O)(=O)c1cccnc1)NC1CCC(C(F)(F)F)CC1.I. The number of nitrogens with zero attached hydrogens (tertiary/aromatic N) is 2. The molecule has 1 aromatic heterocycles. The number of rotatable bonds is 6. The Kier molecular flexibility index (Phi) is 9.90. The van der Waals surface area contributed by atoms with E-state index in [0.717, 1.165) is 0 Å². The molecule has 0 amide bonds. The van der Waals surface area contributed by atoms with E-state index in [-0.39, 0.29) is 60.8 Å². The molecular weight excluding hydrogens is 510 g/mol. The van der Waals surface area contributed by atoms with Crippen LogP contribution in [0, 0.1) is 5.92 Å². The Morgan fingerprint density at radius 1 is 1.25 bits per heavy atom. The summed E-state index contributed by atoms with van der Waals surface area (Å²) in [5.41, 5.74) is 0. The smallest absolute Gasteiger partial charge is 0.355 e. The third-order valence-corrected chi connectivity index (χ3v) is 5.86. The minimum atomic E-state index is -4.13. The highest BCUT2D eigenvalue weighted by Crippen LogP contribution is 2.37. The molecule has 1 saturated carbocycles. The summed E-state index contributed by atoms with van der Waals surface area (Å²) in [5.74, 6) is -0.793. The van der Waals surface area contributed by atoms with Gasteiger partial charge in [-0.1, -0.05) is 0 Å². The van der Waals surface area contributed by atoms with Crippen LogP contribution in [0.5, 0.6) is 0 Å². The zero-order chi connectivity index (χ0) is 19.9. The molecule has 1 aliphatic rings. The van der Waals surface area contributed by atoms with Crippen molar-refractivity contribution in [2.75, 3.05) is 20.1 Å². The fraction of sp³-hybridized carbons (Fsp3) is 0.625. The molecule has 3 N–H and O–H groups in total. The molecule has 0 aromatic carbocycles. The Hall–Kier alpha value is -1.15. The average molecular weight is 535 g/mol. The zero-order valence-electron chi connectivity index (χ0n) is 15.4. The summed E-state index contributed by atoms with van der Waals surface area (Å²) in [4.78, 5) is 7.88. The number of aliphatic imine (C=N–C) groups is 1. The minimum absolute atomic E-state index is 0. The van der Waals surface area contributed by atoms with Crippen molar-refractivity contribution >= 4 is 40.0 Å². The summed E-state index contributed by atoms with van der Waals surface area (Å²) in [7, 11) is -2.08. The van der Waals surface area contributed by atoms with Crippen LogP contribution >= 0.6 is 24.0 Å². The molecule has 1 aliphatic carbocycles.